The van der Waals surface area contributed by atoms with Crippen LogP contribution in [-0.4, -0.2) is 55.1 Å². The fourth-order valence-corrected chi connectivity index (χ4v) is 3.43. The van der Waals surface area contributed by atoms with Crippen LogP contribution in [0.3, 0.4) is 0 Å². The lowest BCUT2D eigenvalue weighted by molar-refractivity contribution is -0.139. The number of carbonyl (C=O) groups excluding carboxylic acids is 1. The van der Waals surface area contributed by atoms with Gasteiger partial charge in [0.15, 0.2) is 0 Å². The standard InChI is InChI=1S/C21H25FN2O2/c1-16-14-24(12-13-26-16)20(25)15-23(2)21(17-6-4-3-5-7-17)18-8-10-19(22)11-9-18/h3-11,16,21H,12-15H2,1-2H3/t16-,21-/m0/s1. The molecule has 1 saturated heterocycles. The lowest BCUT2D eigenvalue weighted by atomic mass is 9.97. The van der Waals surface area contributed by atoms with Crippen molar-refractivity contribution in [3.63, 3.8) is 0 Å². The molecule has 1 amide bonds. The Morgan fingerprint density at radius 3 is 2.50 bits per heavy atom. The molecule has 0 spiro atoms. The van der Waals surface area contributed by atoms with Crippen LogP contribution in [-0.2, 0) is 9.53 Å². The number of hydrogen-bond acceptors (Lipinski definition) is 3. The molecule has 0 aromatic heterocycles. The lowest BCUT2D eigenvalue weighted by Gasteiger charge is -2.34. The van der Waals surface area contributed by atoms with Gasteiger partial charge in [-0.05, 0) is 37.2 Å². The number of likely N-dealkylation sites (N-methyl/N-ethyl adjacent to an activating group) is 1. The lowest BCUT2D eigenvalue weighted by Crippen LogP contribution is -2.48. The molecule has 0 radical (unpaired) electrons. The largest absolute Gasteiger partial charge is 0.375 e. The van der Waals surface area contributed by atoms with Gasteiger partial charge in [0.25, 0.3) is 0 Å². The summed E-state index contributed by atoms with van der Waals surface area (Å²) < 4.78 is 18.9. The monoisotopic (exact) mass is 356 g/mol. The number of morpholine rings is 1. The summed E-state index contributed by atoms with van der Waals surface area (Å²) in [5, 5.41) is 0. The summed E-state index contributed by atoms with van der Waals surface area (Å²) in [5.74, 6) is -0.174. The molecule has 2 atom stereocenters. The highest BCUT2D eigenvalue weighted by molar-refractivity contribution is 5.78. The van der Waals surface area contributed by atoms with E-state index in [9.17, 15) is 9.18 Å². The van der Waals surface area contributed by atoms with Crippen molar-refractivity contribution in [2.24, 2.45) is 0 Å². The van der Waals surface area contributed by atoms with Crippen LogP contribution in [0.4, 0.5) is 4.39 Å². The van der Waals surface area contributed by atoms with E-state index in [0.717, 1.165) is 11.1 Å². The van der Waals surface area contributed by atoms with E-state index < -0.39 is 0 Å². The summed E-state index contributed by atoms with van der Waals surface area (Å²) in [7, 11) is 1.93. The van der Waals surface area contributed by atoms with E-state index in [1.807, 2.05) is 54.1 Å². The quantitative estimate of drug-likeness (QED) is 0.825. The van der Waals surface area contributed by atoms with E-state index >= 15 is 0 Å². The number of halogens is 1. The average molecular weight is 356 g/mol. The molecule has 1 aliphatic heterocycles. The summed E-state index contributed by atoms with van der Waals surface area (Å²) >= 11 is 0. The number of benzene rings is 2. The normalized spacial score (nSPS) is 18.8. The third-order valence-corrected chi connectivity index (χ3v) is 4.72. The number of hydrogen-bond donors (Lipinski definition) is 0. The first-order valence-corrected chi connectivity index (χ1v) is 8.94. The number of rotatable bonds is 5. The molecule has 1 aliphatic rings. The van der Waals surface area contributed by atoms with Gasteiger partial charge in [-0.1, -0.05) is 42.5 Å². The second-order valence-electron chi connectivity index (χ2n) is 6.80. The zero-order chi connectivity index (χ0) is 18.5. The predicted molar refractivity (Wildman–Crippen MR) is 99.3 cm³/mol. The summed E-state index contributed by atoms with van der Waals surface area (Å²) in [4.78, 5) is 16.6. The van der Waals surface area contributed by atoms with Gasteiger partial charge < -0.3 is 9.64 Å². The highest BCUT2D eigenvalue weighted by Crippen LogP contribution is 2.27. The molecule has 2 aromatic carbocycles. The van der Waals surface area contributed by atoms with Crippen molar-refractivity contribution in [1.29, 1.82) is 0 Å². The third kappa shape index (κ3) is 4.48. The molecular formula is C21H25FN2O2. The van der Waals surface area contributed by atoms with Gasteiger partial charge >= 0.3 is 0 Å². The molecular weight excluding hydrogens is 331 g/mol. The zero-order valence-corrected chi connectivity index (χ0v) is 15.3. The Morgan fingerprint density at radius 2 is 1.85 bits per heavy atom. The van der Waals surface area contributed by atoms with Crippen molar-refractivity contribution in [2.75, 3.05) is 33.3 Å². The molecule has 1 heterocycles. The van der Waals surface area contributed by atoms with Crippen LogP contribution in [0.25, 0.3) is 0 Å². The second-order valence-corrected chi connectivity index (χ2v) is 6.80. The Hall–Kier alpha value is -2.24. The summed E-state index contributed by atoms with van der Waals surface area (Å²) in [5.41, 5.74) is 2.04. The van der Waals surface area contributed by atoms with Crippen LogP contribution in [0, 0.1) is 5.82 Å². The smallest absolute Gasteiger partial charge is 0.236 e. The van der Waals surface area contributed by atoms with Crippen molar-refractivity contribution in [1.82, 2.24) is 9.80 Å². The minimum absolute atomic E-state index is 0.0695. The molecule has 0 unspecified atom stereocenters. The van der Waals surface area contributed by atoms with Gasteiger partial charge in [0, 0.05) is 13.1 Å². The Balaban J connectivity index is 1.80. The number of carbonyl (C=O) groups is 1. The molecule has 2 aromatic rings. The molecule has 4 nitrogen and oxygen atoms in total. The topological polar surface area (TPSA) is 32.8 Å². The summed E-state index contributed by atoms with van der Waals surface area (Å²) in [6, 6.07) is 16.4. The van der Waals surface area contributed by atoms with E-state index in [0.29, 0.717) is 26.2 Å². The van der Waals surface area contributed by atoms with Crippen LogP contribution in [0.2, 0.25) is 0 Å². The van der Waals surface area contributed by atoms with Crippen molar-refractivity contribution >= 4 is 5.91 Å². The first-order chi connectivity index (χ1) is 12.5. The molecule has 1 fully saturated rings. The first kappa shape index (κ1) is 18.5. The van der Waals surface area contributed by atoms with Gasteiger partial charge in [-0.15, -0.1) is 0 Å². The fraction of sp³-hybridized carbons (Fsp3) is 0.381. The average Bonchev–Trinajstić information content (AvgIpc) is 2.64. The number of nitrogens with zero attached hydrogens (tertiary/aromatic N) is 2. The SMILES string of the molecule is C[C@H]1CN(C(=O)CN(C)[C@@H](c2ccccc2)c2ccc(F)cc2)CCO1. The van der Waals surface area contributed by atoms with Gasteiger partial charge in [0.2, 0.25) is 5.91 Å². The zero-order valence-electron chi connectivity index (χ0n) is 15.3. The van der Waals surface area contributed by atoms with E-state index in [-0.39, 0.29) is 23.9 Å². The van der Waals surface area contributed by atoms with E-state index in [1.165, 1.54) is 12.1 Å². The highest BCUT2D eigenvalue weighted by atomic mass is 19.1. The summed E-state index contributed by atoms with van der Waals surface area (Å²) in [6.07, 6.45) is 0.0695. The van der Waals surface area contributed by atoms with Crippen LogP contribution in [0.15, 0.2) is 54.6 Å². The van der Waals surface area contributed by atoms with Crippen molar-refractivity contribution < 1.29 is 13.9 Å². The van der Waals surface area contributed by atoms with Crippen molar-refractivity contribution in [2.45, 2.75) is 19.1 Å². The minimum Gasteiger partial charge on any atom is -0.375 e. The van der Waals surface area contributed by atoms with E-state index in [4.69, 9.17) is 4.74 Å². The van der Waals surface area contributed by atoms with Crippen molar-refractivity contribution in [3.05, 3.63) is 71.5 Å². The predicted octanol–water partition coefficient (Wildman–Crippen LogP) is 3.09. The molecule has 0 N–H and O–H groups in total. The first-order valence-electron chi connectivity index (χ1n) is 8.94. The molecule has 0 saturated carbocycles. The molecule has 0 aliphatic carbocycles. The van der Waals surface area contributed by atoms with Crippen LogP contribution >= 0.6 is 0 Å². The van der Waals surface area contributed by atoms with Gasteiger partial charge in [-0.25, -0.2) is 4.39 Å². The Labute approximate surface area is 154 Å². The minimum atomic E-state index is -0.262. The third-order valence-electron chi connectivity index (χ3n) is 4.72. The highest BCUT2D eigenvalue weighted by Gasteiger charge is 2.26. The molecule has 138 valence electrons. The fourth-order valence-electron chi connectivity index (χ4n) is 3.43. The van der Waals surface area contributed by atoms with Gasteiger partial charge in [-0.3, -0.25) is 9.69 Å². The maximum absolute atomic E-state index is 13.4. The molecule has 0 bridgehead atoms. The maximum atomic E-state index is 13.4. The van der Waals surface area contributed by atoms with E-state index in [1.54, 1.807) is 12.1 Å². The summed E-state index contributed by atoms with van der Waals surface area (Å²) in [6.45, 7) is 4.11. The van der Waals surface area contributed by atoms with Crippen LogP contribution < -0.4 is 0 Å². The maximum Gasteiger partial charge on any atom is 0.236 e. The number of amides is 1. The van der Waals surface area contributed by atoms with E-state index in [2.05, 4.69) is 0 Å². The molecule has 5 heteroatoms. The van der Waals surface area contributed by atoms with Gasteiger partial charge in [0.1, 0.15) is 5.82 Å². The Bertz CT molecular complexity index is 721. The number of ether oxygens (including phenoxy) is 1. The Kier molecular flexibility index (Phi) is 6.01. The Morgan fingerprint density at radius 1 is 1.19 bits per heavy atom. The molecule has 3 rings (SSSR count). The second kappa shape index (κ2) is 8.43. The van der Waals surface area contributed by atoms with Gasteiger partial charge in [-0.2, -0.15) is 0 Å². The van der Waals surface area contributed by atoms with Crippen molar-refractivity contribution in [3.8, 4) is 0 Å². The van der Waals surface area contributed by atoms with Crippen LogP contribution in [0.5, 0.6) is 0 Å². The van der Waals surface area contributed by atoms with Crippen LogP contribution in [0.1, 0.15) is 24.1 Å². The van der Waals surface area contributed by atoms with Gasteiger partial charge in [0.05, 0.1) is 25.3 Å². The molecule has 26 heavy (non-hydrogen) atoms.